The first-order valence-corrected chi connectivity index (χ1v) is 7.47. The van der Waals surface area contributed by atoms with Crippen LogP contribution in [0, 0.1) is 5.82 Å². The molecule has 22 heavy (non-hydrogen) atoms. The van der Waals surface area contributed by atoms with E-state index < -0.39 is 5.82 Å². The van der Waals surface area contributed by atoms with E-state index in [9.17, 15) is 9.18 Å². The summed E-state index contributed by atoms with van der Waals surface area (Å²) in [5, 5.41) is 2.87. The van der Waals surface area contributed by atoms with Gasteiger partial charge in [0, 0.05) is 19.7 Å². The summed E-state index contributed by atoms with van der Waals surface area (Å²) in [6.45, 7) is 2.10. The molecule has 5 nitrogen and oxygen atoms in total. The molecule has 0 radical (unpaired) electrons. The first kappa shape index (κ1) is 16.7. The maximum atomic E-state index is 13.6. The fourth-order valence-corrected chi connectivity index (χ4v) is 2.51. The average Bonchev–Trinajstić information content (AvgIpc) is 2.98. The van der Waals surface area contributed by atoms with Crippen molar-refractivity contribution in [2.75, 3.05) is 33.9 Å². The standard InChI is InChI=1S/C16H23FN2O3/c1-19(10-12-5-6-15(21-2)14(17)8-12)11-16(20)18-9-13-4-3-7-22-13/h5-6,8,13H,3-4,7,9-11H2,1-2H3,(H,18,20). The number of carbonyl (C=O) groups excluding carboxylic acids is 1. The molecule has 0 aromatic heterocycles. The predicted molar refractivity (Wildman–Crippen MR) is 81.3 cm³/mol. The Balaban J connectivity index is 1.75. The van der Waals surface area contributed by atoms with Crippen molar-refractivity contribution in [1.29, 1.82) is 0 Å². The Morgan fingerprint density at radius 3 is 3.00 bits per heavy atom. The van der Waals surface area contributed by atoms with E-state index in [1.807, 2.05) is 11.9 Å². The van der Waals surface area contributed by atoms with Crippen molar-refractivity contribution < 1.29 is 18.7 Å². The molecule has 122 valence electrons. The molecular weight excluding hydrogens is 287 g/mol. The molecular formula is C16H23FN2O3. The number of halogens is 1. The number of benzene rings is 1. The Hall–Kier alpha value is -1.66. The quantitative estimate of drug-likeness (QED) is 0.830. The van der Waals surface area contributed by atoms with Gasteiger partial charge in [0.15, 0.2) is 11.6 Å². The molecule has 1 fully saturated rings. The van der Waals surface area contributed by atoms with Gasteiger partial charge >= 0.3 is 0 Å². The third kappa shape index (κ3) is 4.96. The van der Waals surface area contributed by atoms with Crippen molar-refractivity contribution in [3.05, 3.63) is 29.6 Å². The molecule has 2 rings (SSSR count). The van der Waals surface area contributed by atoms with E-state index >= 15 is 0 Å². The Labute approximate surface area is 130 Å². The van der Waals surface area contributed by atoms with Crippen molar-refractivity contribution in [3.63, 3.8) is 0 Å². The number of hydrogen-bond donors (Lipinski definition) is 1. The van der Waals surface area contributed by atoms with Crippen LogP contribution in [-0.4, -0.2) is 50.8 Å². The van der Waals surface area contributed by atoms with Crippen LogP contribution in [0.4, 0.5) is 4.39 Å². The van der Waals surface area contributed by atoms with Gasteiger partial charge in [0.05, 0.1) is 19.8 Å². The molecule has 1 amide bonds. The van der Waals surface area contributed by atoms with Gasteiger partial charge in [0.25, 0.3) is 0 Å². The second-order valence-corrected chi connectivity index (χ2v) is 5.58. The third-order valence-electron chi connectivity index (χ3n) is 3.63. The van der Waals surface area contributed by atoms with E-state index in [-0.39, 0.29) is 24.3 Å². The lowest BCUT2D eigenvalue weighted by molar-refractivity contribution is -0.122. The monoisotopic (exact) mass is 310 g/mol. The van der Waals surface area contributed by atoms with E-state index in [4.69, 9.17) is 9.47 Å². The first-order chi connectivity index (χ1) is 10.6. The maximum absolute atomic E-state index is 13.6. The summed E-state index contributed by atoms with van der Waals surface area (Å²) < 4.78 is 24.0. The molecule has 6 heteroatoms. The minimum absolute atomic E-state index is 0.0491. The minimum Gasteiger partial charge on any atom is -0.494 e. The molecule has 1 atom stereocenters. The van der Waals surface area contributed by atoms with E-state index in [1.165, 1.54) is 13.2 Å². The van der Waals surface area contributed by atoms with Crippen molar-refractivity contribution in [3.8, 4) is 5.75 Å². The second kappa shape index (κ2) is 8.10. The van der Waals surface area contributed by atoms with Gasteiger partial charge in [-0.25, -0.2) is 4.39 Å². The van der Waals surface area contributed by atoms with Crippen LogP contribution in [0.15, 0.2) is 18.2 Å². The molecule has 1 N–H and O–H groups in total. The molecule has 0 bridgehead atoms. The highest BCUT2D eigenvalue weighted by atomic mass is 19.1. The highest BCUT2D eigenvalue weighted by Crippen LogP contribution is 2.18. The summed E-state index contributed by atoms with van der Waals surface area (Å²) in [5.41, 5.74) is 0.799. The summed E-state index contributed by atoms with van der Waals surface area (Å²) in [6, 6.07) is 4.82. The van der Waals surface area contributed by atoms with Crippen LogP contribution in [0.2, 0.25) is 0 Å². The third-order valence-corrected chi connectivity index (χ3v) is 3.63. The van der Waals surface area contributed by atoms with Gasteiger partial charge in [-0.2, -0.15) is 0 Å². The Kier molecular flexibility index (Phi) is 6.15. The van der Waals surface area contributed by atoms with Crippen LogP contribution >= 0.6 is 0 Å². The van der Waals surface area contributed by atoms with Crippen molar-refractivity contribution in [2.45, 2.75) is 25.5 Å². The smallest absolute Gasteiger partial charge is 0.234 e. The van der Waals surface area contributed by atoms with E-state index in [0.29, 0.717) is 13.1 Å². The largest absolute Gasteiger partial charge is 0.494 e. The van der Waals surface area contributed by atoms with Gasteiger partial charge in [-0.05, 0) is 37.6 Å². The number of likely N-dealkylation sites (N-methyl/N-ethyl adjacent to an activating group) is 1. The number of amides is 1. The summed E-state index contributed by atoms with van der Waals surface area (Å²) in [4.78, 5) is 13.7. The van der Waals surface area contributed by atoms with Gasteiger partial charge in [-0.1, -0.05) is 6.07 Å². The summed E-state index contributed by atoms with van der Waals surface area (Å²) in [5.74, 6) is -0.219. The lowest BCUT2D eigenvalue weighted by Crippen LogP contribution is -2.38. The number of rotatable bonds is 7. The lowest BCUT2D eigenvalue weighted by Gasteiger charge is -2.17. The normalized spacial score (nSPS) is 17.7. The Morgan fingerprint density at radius 2 is 2.36 bits per heavy atom. The topological polar surface area (TPSA) is 50.8 Å². The van der Waals surface area contributed by atoms with Crippen LogP contribution in [0.1, 0.15) is 18.4 Å². The number of nitrogens with one attached hydrogen (secondary N) is 1. The van der Waals surface area contributed by atoms with Crippen LogP contribution in [0.25, 0.3) is 0 Å². The first-order valence-electron chi connectivity index (χ1n) is 7.47. The number of carbonyl (C=O) groups is 1. The minimum atomic E-state index is -0.392. The molecule has 1 saturated heterocycles. The fraction of sp³-hybridized carbons (Fsp3) is 0.562. The zero-order valence-electron chi connectivity index (χ0n) is 13.1. The van der Waals surface area contributed by atoms with Gasteiger partial charge < -0.3 is 14.8 Å². The van der Waals surface area contributed by atoms with Crippen LogP contribution in [-0.2, 0) is 16.1 Å². The van der Waals surface area contributed by atoms with Crippen LogP contribution in [0.5, 0.6) is 5.75 Å². The molecule has 0 saturated carbocycles. The van der Waals surface area contributed by atoms with E-state index in [0.717, 1.165) is 25.0 Å². The van der Waals surface area contributed by atoms with Gasteiger partial charge in [-0.3, -0.25) is 9.69 Å². The second-order valence-electron chi connectivity index (χ2n) is 5.58. The molecule has 0 aliphatic carbocycles. The average molecular weight is 310 g/mol. The van der Waals surface area contributed by atoms with Gasteiger partial charge in [-0.15, -0.1) is 0 Å². The number of ether oxygens (including phenoxy) is 2. The molecule has 1 unspecified atom stereocenters. The Bertz CT molecular complexity index is 504. The molecule has 1 heterocycles. The molecule has 0 spiro atoms. The number of nitrogens with zero attached hydrogens (tertiary/aromatic N) is 1. The highest BCUT2D eigenvalue weighted by molar-refractivity contribution is 5.78. The summed E-state index contributed by atoms with van der Waals surface area (Å²) in [6.07, 6.45) is 2.20. The fourth-order valence-electron chi connectivity index (χ4n) is 2.51. The molecule has 1 aliphatic heterocycles. The van der Waals surface area contributed by atoms with Crippen molar-refractivity contribution in [1.82, 2.24) is 10.2 Å². The lowest BCUT2D eigenvalue weighted by atomic mass is 10.2. The summed E-state index contributed by atoms with van der Waals surface area (Å²) in [7, 11) is 3.26. The highest BCUT2D eigenvalue weighted by Gasteiger charge is 2.16. The maximum Gasteiger partial charge on any atom is 0.234 e. The molecule has 1 aliphatic rings. The zero-order valence-corrected chi connectivity index (χ0v) is 13.1. The number of hydrogen-bond acceptors (Lipinski definition) is 4. The summed E-state index contributed by atoms with van der Waals surface area (Å²) >= 11 is 0. The van der Waals surface area contributed by atoms with Crippen molar-refractivity contribution in [2.24, 2.45) is 0 Å². The number of methoxy groups -OCH3 is 1. The van der Waals surface area contributed by atoms with Crippen molar-refractivity contribution >= 4 is 5.91 Å². The zero-order chi connectivity index (χ0) is 15.9. The predicted octanol–water partition coefficient (Wildman–Crippen LogP) is 1.56. The van der Waals surface area contributed by atoms with Crippen LogP contribution < -0.4 is 10.1 Å². The molecule has 1 aromatic carbocycles. The van der Waals surface area contributed by atoms with Gasteiger partial charge in [0.2, 0.25) is 5.91 Å². The van der Waals surface area contributed by atoms with Gasteiger partial charge in [0.1, 0.15) is 0 Å². The SMILES string of the molecule is COc1ccc(CN(C)CC(=O)NCC2CCCO2)cc1F. The van der Waals surface area contributed by atoms with E-state index in [1.54, 1.807) is 12.1 Å². The Morgan fingerprint density at radius 1 is 1.55 bits per heavy atom. The van der Waals surface area contributed by atoms with Crippen LogP contribution in [0.3, 0.4) is 0 Å². The molecule has 1 aromatic rings. The van der Waals surface area contributed by atoms with E-state index in [2.05, 4.69) is 5.32 Å².